The molecule has 2 aliphatic heterocycles. The Morgan fingerprint density at radius 2 is 1.76 bits per heavy atom. The molecule has 4 rings (SSSR count). The Labute approximate surface area is 241 Å². The molecule has 3 N–H and O–H groups in total. The second kappa shape index (κ2) is 12.1. The highest BCUT2D eigenvalue weighted by Gasteiger charge is 2.53. The second-order valence-corrected chi connectivity index (χ2v) is 12.5. The zero-order chi connectivity index (χ0) is 30.1. The van der Waals surface area contributed by atoms with Crippen molar-refractivity contribution in [3.63, 3.8) is 0 Å². The average Bonchev–Trinajstić information content (AvgIpc) is 3.63. The number of halogens is 1. The molecule has 0 bridgehead atoms. The van der Waals surface area contributed by atoms with Gasteiger partial charge in [0.2, 0.25) is 11.8 Å². The van der Waals surface area contributed by atoms with Crippen molar-refractivity contribution in [2.24, 2.45) is 11.3 Å². The van der Waals surface area contributed by atoms with E-state index in [1.165, 1.54) is 12.1 Å². The predicted octanol–water partition coefficient (Wildman–Crippen LogP) is 2.24. The summed E-state index contributed by atoms with van der Waals surface area (Å²) in [4.78, 5) is 43.9. The fraction of sp³-hybridized carbons (Fsp3) is 0.621. The summed E-state index contributed by atoms with van der Waals surface area (Å²) < 4.78 is 15.1. The Hall–Kier alpha value is -3.54. The molecule has 224 valence electrons. The summed E-state index contributed by atoms with van der Waals surface area (Å²) in [5.74, 6) is -0.828. The summed E-state index contributed by atoms with van der Waals surface area (Å²) in [6, 6.07) is 4.30. The van der Waals surface area contributed by atoms with Gasteiger partial charge < -0.3 is 25.8 Å². The molecule has 4 amide bonds. The van der Waals surface area contributed by atoms with Crippen LogP contribution < -0.4 is 16.0 Å². The molecule has 5 atom stereocenters. The largest absolute Gasteiger partial charge is 0.342 e. The van der Waals surface area contributed by atoms with Crippen LogP contribution in [0.1, 0.15) is 48.0 Å². The van der Waals surface area contributed by atoms with E-state index < -0.39 is 17.5 Å². The van der Waals surface area contributed by atoms with Crippen molar-refractivity contribution < 1.29 is 18.8 Å². The van der Waals surface area contributed by atoms with Gasteiger partial charge >= 0.3 is 6.03 Å². The van der Waals surface area contributed by atoms with Gasteiger partial charge in [-0.1, -0.05) is 26.0 Å². The number of urea groups is 1. The molecular weight excluding hydrogens is 527 g/mol. The summed E-state index contributed by atoms with van der Waals surface area (Å²) in [6.07, 6.45) is 2.45. The van der Waals surface area contributed by atoms with E-state index in [0.29, 0.717) is 31.7 Å². The topological polar surface area (TPSA) is 124 Å². The summed E-state index contributed by atoms with van der Waals surface area (Å²) in [7, 11) is 1.70. The van der Waals surface area contributed by atoms with E-state index in [1.54, 1.807) is 37.0 Å². The van der Waals surface area contributed by atoms with Crippen molar-refractivity contribution in [2.45, 2.75) is 84.7 Å². The maximum atomic E-state index is 14.2. The molecule has 2 aromatic rings. The lowest BCUT2D eigenvalue weighted by Gasteiger charge is -2.37. The first-order valence-electron chi connectivity index (χ1n) is 14.3. The van der Waals surface area contributed by atoms with Gasteiger partial charge in [-0.15, -0.1) is 5.10 Å². The number of hydrogen-bond donors (Lipinski definition) is 3. The van der Waals surface area contributed by atoms with Gasteiger partial charge in [-0.2, -0.15) is 0 Å². The number of nitrogens with zero attached hydrogens (tertiary/aromatic N) is 5. The highest BCUT2D eigenvalue weighted by molar-refractivity contribution is 5.90. The Kier molecular flexibility index (Phi) is 9.00. The van der Waals surface area contributed by atoms with Crippen molar-refractivity contribution in [2.75, 3.05) is 20.1 Å². The van der Waals surface area contributed by atoms with Crippen LogP contribution in [0.5, 0.6) is 0 Å². The van der Waals surface area contributed by atoms with Crippen LogP contribution in [0.3, 0.4) is 0 Å². The zero-order valence-corrected chi connectivity index (χ0v) is 25.0. The minimum Gasteiger partial charge on any atom is -0.342 e. The normalized spacial score (nSPS) is 22.0. The number of amides is 4. The first kappa shape index (κ1) is 30.4. The molecule has 41 heavy (non-hydrogen) atoms. The molecule has 0 spiro atoms. The minimum atomic E-state index is -0.736. The lowest BCUT2D eigenvalue weighted by molar-refractivity contribution is -0.141. The average molecular weight is 571 g/mol. The summed E-state index contributed by atoms with van der Waals surface area (Å²) in [6.45, 7) is 12.8. The zero-order valence-electron chi connectivity index (χ0n) is 25.0. The number of likely N-dealkylation sites (N-methyl/N-ethyl adjacent to an activating group) is 1. The van der Waals surface area contributed by atoms with E-state index >= 15 is 0 Å². The Morgan fingerprint density at radius 1 is 1.07 bits per heavy atom. The molecule has 0 radical (unpaired) electrons. The van der Waals surface area contributed by atoms with Crippen LogP contribution >= 0.6 is 0 Å². The Bertz CT molecular complexity index is 1240. The van der Waals surface area contributed by atoms with Gasteiger partial charge in [0.15, 0.2) is 0 Å². The van der Waals surface area contributed by atoms with Crippen molar-refractivity contribution >= 4 is 17.8 Å². The van der Waals surface area contributed by atoms with Crippen LogP contribution in [0.2, 0.25) is 0 Å². The van der Waals surface area contributed by atoms with Gasteiger partial charge in [0.05, 0.1) is 24.3 Å². The number of benzene rings is 1. The molecule has 2 aliphatic rings. The van der Waals surface area contributed by atoms with Crippen LogP contribution in [-0.2, 0) is 16.1 Å². The van der Waals surface area contributed by atoms with E-state index in [0.717, 1.165) is 5.56 Å². The smallest absolute Gasteiger partial charge is 0.317 e. The third-order valence-corrected chi connectivity index (χ3v) is 8.02. The summed E-state index contributed by atoms with van der Waals surface area (Å²) in [5.41, 5.74) is 0.830. The highest BCUT2D eigenvalue weighted by atomic mass is 19.1. The van der Waals surface area contributed by atoms with Crippen LogP contribution in [0.15, 0.2) is 30.5 Å². The number of carbonyl (C=O) groups excluding carboxylic acids is 3. The van der Waals surface area contributed by atoms with Gasteiger partial charge in [0.1, 0.15) is 17.6 Å². The molecule has 1 aromatic heterocycles. The highest BCUT2D eigenvalue weighted by Crippen LogP contribution is 2.38. The quantitative estimate of drug-likeness (QED) is 0.447. The fourth-order valence-corrected chi connectivity index (χ4v) is 5.78. The van der Waals surface area contributed by atoms with Gasteiger partial charge in [-0.3, -0.25) is 14.3 Å². The van der Waals surface area contributed by atoms with E-state index in [1.807, 2.05) is 44.4 Å². The number of carbonyl (C=O) groups is 3. The van der Waals surface area contributed by atoms with Gasteiger partial charge in [0.25, 0.3) is 0 Å². The number of rotatable bonds is 8. The lowest BCUT2D eigenvalue weighted by Crippen LogP contribution is -2.59. The van der Waals surface area contributed by atoms with E-state index in [2.05, 4.69) is 26.3 Å². The molecule has 2 fully saturated rings. The molecule has 1 aromatic carbocycles. The standard InChI is InChI=1S/C29H43FN8O3/c1-17(2)32-28(41)38-15-20(14-36-16-22(34-35-36)19-8-10-21(30)11-9-19)24-23(38)12-13-37(24)27(40)25(29(4,5)6)33-26(39)18(3)31-7/h8-11,16-18,20,23-25,31H,12-15H2,1-7H3,(H,32,41)(H,33,39)/t18-,20-,23+,24+,25+/m0/s1. The maximum absolute atomic E-state index is 14.2. The maximum Gasteiger partial charge on any atom is 0.317 e. The van der Waals surface area contributed by atoms with Crippen molar-refractivity contribution in [1.82, 2.24) is 40.7 Å². The second-order valence-electron chi connectivity index (χ2n) is 12.5. The minimum absolute atomic E-state index is 0.0256. The third-order valence-electron chi connectivity index (χ3n) is 8.02. The monoisotopic (exact) mass is 570 g/mol. The summed E-state index contributed by atoms with van der Waals surface area (Å²) >= 11 is 0. The number of likely N-dealkylation sites (tertiary alicyclic amines) is 2. The van der Waals surface area contributed by atoms with Gasteiger partial charge in [-0.05, 0) is 63.9 Å². The molecule has 0 saturated carbocycles. The molecule has 2 saturated heterocycles. The van der Waals surface area contributed by atoms with Crippen molar-refractivity contribution in [3.05, 3.63) is 36.3 Å². The Balaban J connectivity index is 1.61. The van der Waals surface area contributed by atoms with E-state index in [9.17, 15) is 18.8 Å². The molecule has 3 heterocycles. The molecule has 12 heteroatoms. The molecule has 0 unspecified atom stereocenters. The number of aromatic nitrogens is 3. The fourth-order valence-electron chi connectivity index (χ4n) is 5.78. The van der Waals surface area contributed by atoms with E-state index in [-0.39, 0.29) is 47.7 Å². The van der Waals surface area contributed by atoms with Gasteiger partial charge in [0, 0.05) is 37.2 Å². The lowest BCUT2D eigenvalue weighted by atomic mass is 9.85. The number of nitrogens with one attached hydrogen (secondary N) is 3. The molecule has 11 nitrogen and oxygen atoms in total. The van der Waals surface area contributed by atoms with Crippen LogP contribution in [-0.4, -0.2) is 93.0 Å². The SMILES string of the molecule is CN[C@@H](C)C(=O)N[C@H](C(=O)N1CC[C@@H]2[C@H]1[C@@H](Cn1cc(-c3ccc(F)cc3)nn1)CN2C(=O)NC(C)C)C(C)(C)C. The Morgan fingerprint density at radius 3 is 2.37 bits per heavy atom. The third kappa shape index (κ3) is 6.69. The number of hydrogen-bond acceptors (Lipinski definition) is 6. The van der Waals surface area contributed by atoms with Crippen LogP contribution in [0.25, 0.3) is 11.3 Å². The van der Waals surface area contributed by atoms with E-state index in [4.69, 9.17) is 0 Å². The first-order valence-corrected chi connectivity index (χ1v) is 14.3. The van der Waals surface area contributed by atoms with Crippen LogP contribution in [0, 0.1) is 17.2 Å². The first-order chi connectivity index (χ1) is 19.3. The van der Waals surface area contributed by atoms with Crippen LogP contribution in [0.4, 0.5) is 9.18 Å². The predicted molar refractivity (Wildman–Crippen MR) is 153 cm³/mol. The molecule has 0 aliphatic carbocycles. The van der Waals surface area contributed by atoms with Gasteiger partial charge in [-0.25, -0.2) is 9.18 Å². The molecular formula is C29H43FN8O3. The van der Waals surface area contributed by atoms with Crippen molar-refractivity contribution in [1.29, 1.82) is 0 Å². The van der Waals surface area contributed by atoms with Crippen molar-refractivity contribution in [3.8, 4) is 11.3 Å². The number of fused-ring (bicyclic) bond motifs is 1. The summed E-state index contributed by atoms with van der Waals surface area (Å²) in [5, 5.41) is 17.5.